The van der Waals surface area contributed by atoms with E-state index in [0.29, 0.717) is 17.1 Å². The fraction of sp³-hybridized carbons (Fsp3) is 0.0870. The van der Waals surface area contributed by atoms with Gasteiger partial charge in [0.2, 0.25) is 0 Å². The summed E-state index contributed by atoms with van der Waals surface area (Å²) >= 11 is 5.88. The summed E-state index contributed by atoms with van der Waals surface area (Å²) < 4.78 is 33.7. The van der Waals surface area contributed by atoms with Crippen LogP contribution in [-0.4, -0.2) is 34.1 Å². The minimum Gasteiger partial charge on any atom is -0.375 e. The van der Waals surface area contributed by atoms with Crippen LogP contribution < -0.4 is 15.0 Å². The summed E-state index contributed by atoms with van der Waals surface area (Å²) in [5, 5.41) is 13.9. The first-order chi connectivity index (χ1) is 16.2. The smallest absolute Gasteiger partial charge is 0.375 e. The Kier molecular flexibility index (Phi) is 4.99. The maximum atomic E-state index is 14.9. The average molecular weight is 485 g/mol. The molecule has 8 nitrogen and oxygen atoms in total. The van der Waals surface area contributed by atoms with Crippen LogP contribution in [0.2, 0.25) is 5.02 Å². The molecule has 0 saturated heterocycles. The van der Waals surface area contributed by atoms with E-state index in [1.165, 1.54) is 37.4 Å². The highest BCUT2D eigenvalue weighted by atomic mass is 35.5. The number of ether oxygens (including phenoxy) is 1. The molecule has 0 saturated carbocycles. The summed E-state index contributed by atoms with van der Waals surface area (Å²) in [4.78, 5) is 32.6. The number of nitrogens with zero attached hydrogens (tertiary/aromatic N) is 2. The van der Waals surface area contributed by atoms with Gasteiger partial charge in [-0.2, -0.15) is 4.98 Å². The minimum absolute atomic E-state index is 0.0883. The summed E-state index contributed by atoms with van der Waals surface area (Å²) in [5.41, 5.74) is -1.28. The monoisotopic (exact) mass is 484 g/mol. The number of fused-ring (bicyclic) bond motifs is 2. The van der Waals surface area contributed by atoms with Crippen LogP contribution in [0.4, 0.5) is 19.3 Å². The summed E-state index contributed by atoms with van der Waals surface area (Å²) in [6, 6.07) is 12.2. The Bertz CT molecular complexity index is 1490. The van der Waals surface area contributed by atoms with Gasteiger partial charge in [0.1, 0.15) is 11.6 Å². The molecule has 1 aliphatic rings. The highest BCUT2D eigenvalue weighted by Crippen LogP contribution is 2.46. The van der Waals surface area contributed by atoms with Gasteiger partial charge in [-0.25, -0.2) is 13.6 Å². The van der Waals surface area contributed by atoms with E-state index < -0.39 is 40.1 Å². The van der Waals surface area contributed by atoms with Gasteiger partial charge >= 0.3 is 12.1 Å². The van der Waals surface area contributed by atoms with Crippen LogP contribution in [0, 0.1) is 11.6 Å². The SMILES string of the molecule is CNC(=O)Oc1nc2ccc(C3(O)c4ccccc4C(=O)N3c3cc(Cl)c(F)cc3F)cc2[nH]1. The molecule has 3 aromatic carbocycles. The van der Waals surface area contributed by atoms with Crippen LogP contribution in [0.15, 0.2) is 54.6 Å². The minimum atomic E-state index is -2.17. The van der Waals surface area contributed by atoms with Crippen molar-refractivity contribution < 1.29 is 28.2 Å². The lowest BCUT2D eigenvalue weighted by Gasteiger charge is -2.35. The Morgan fingerprint density at radius 1 is 1.18 bits per heavy atom. The summed E-state index contributed by atoms with van der Waals surface area (Å²) in [6.45, 7) is 0. The second-order valence-electron chi connectivity index (χ2n) is 7.49. The van der Waals surface area contributed by atoms with Crippen LogP contribution in [0.25, 0.3) is 11.0 Å². The molecule has 0 radical (unpaired) electrons. The Labute approximate surface area is 195 Å². The Balaban J connectivity index is 1.71. The van der Waals surface area contributed by atoms with Gasteiger partial charge in [-0.15, -0.1) is 0 Å². The van der Waals surface area contributed by atoms with Crippen molar-refractivity contribution in [2.45, 2.75) is 5.72 Å². The van der Waals surface area contributed by atoms with Gasteiger partial charge in [0.05, 0.1) is 21.7 Å². The van der Waals surface area contributed by atoms with Crippen LogP contribution in [-0.2, 0) is 5.72 Å². The third kappa shape index (κ3) is 3.18. The number of amides is 2. The van der Waals surface area contributed by atoms with E-state index in [-0.39, 0.29) is 22.7 Å². The van der Waals surface area contributed by atoms with Crippen molar-refractivity contribution in [3.63, 3.8) is 0 Å². The number of benzene rings is 3. The molecule has 0 spiro atoms. The number of aromatic nitrogens is 2. The molecule has 0 fully saturated rings. The molecule has 0 bridgehead atoms. The van der Waals surface area contributed by atoms with E-state index in [0.717, 1.165) is 11.0 Å². The number of rotatable bonds is 3. The summed E-state index contributed by atoms with van der Waals surface area (Å²) in [6.07, 6.45) is -0.733. The number of H-pyrrole nitrogens is 1. The molecular weight excluding hydrogens is 470 g/mol. The fourth-order valence-electron chi connectivity index (χ4n) is 4.00. The Morgan fingerprint density at radius 3 is 2.71 bits per heavy atom. The van der Waals surface area contributed by atoms with E-state index in [4.69, 9.17) is 16.3 Å². The van der Waals surface area contributed by atoms with Gasteiger partial charge in [0.15, 0.2) is 5.72 Å². The maximum absolute atomic E-state index is 14.9. The van der Waals surface area contributed by atoms with E-state index >= 15 is 0 Å². The van der Waals surface area contributed by atoms with Crippen LogP contribution in [0.3, 0.4) is 0 Å². The molecular formula is C23H15ClF2N4O4. The Morgan fingerprint density at radius 2 is 1.94 bits per heavy atom. The first-order valence-electron chi connectivity index (χ1n) is 9.95. The number of aliphatic hydroxyl groups is 1. The van der Waals surface area contributed by atoms with Crippen molar-refractivity contribution in [2.75, 3.05) is 11.9 Å². The standard InChI is InChI=1S/C23H15ClF2N4O4/c1-27-22(32)34-21-28-17-7-6-11(8-18(17)29-21)23(33)13-5-3-2-4-12(13)20(31)30(23)19-9-14(24)15(25)10-16(19)26/h2-10,33H,1H3,(H,27,32)(H,28,29). The van der Waals surface area contributed by atoms with Gasteiger partial charge in [-0.3, -0.25) is 9.69 Å². The van der Waals surface area contributed by atoms with Crippen molar-refractivity contribution in [3.8, 4) is 6.01 Å². The number of nitrogens with one attached hydrogen (secondary N) is 2. The summed E-state index contributed by atoms with van der Waals surface area (Å²) in [7, 11) is 1.39. The molecule has 1 atom stereocenters. The lowest BCUT2D eigenvalue weighted by molar-refractivity contribution is 0.0699. The zero-order valence-electron chi connectivity index (χ0n) is 17.4. The molecule has 1 unspecified atom stereocenters. The molecule has 4 aromatic rings. The van der Waals surface area contributed by atoms with Gasteiger partial charge in [0, 0.05) is 29.8 Å². The summed E-state index contributed by atoms with van der Waals surface area (Å²) in [5.74, 6) is -2.78. The number of hydrogen-bond donors (Lipinski definition) is 3. The Hall–Kier alpha value is -4.02. The fourth-order valence-corrected chi connectivity index (χ4v) is 4.16. The highest BCUT2D eigenvalue weighted by Gasteiger charge is 2.51. The van der Waals surface area contributed by atoms with E-state index in [1.807, 2.05) is 0 Å². The third-order valence-corrected chi connectivity index (χ3v) is 5.84. The lowest BCUT2D eigenvalue weighted by Crippen LogP contribution is -2.45. The normalized spacial score (nSPS) is 17.2. The van der Waals surface area contributed by atoms with E-state index in [2.05, 4.69) is 15.3 Å². The quantitative estimate of drug-likeness (QED) is 0.380. The topological polar surface area (TPSA) is 108 Å². The maximum Gasteiger partial charge on any atom is 0.414 e. The molecule has 172 valence electrons. The van der Waals surface area contributed by atoms with Crippen molar-refractivity contribution in [1.82, 2.24) is 15.3 Å². The zero-order valence-corrected chi connectivity index (χ0v) is 18.2. The van der Waals surface area contributed by atoms with Crippen LogP contribution in [0.1, 0.15) is 21.5 Å². The first kappa shape index (κ1) is 21.8. The molecule has 5 rings (SSSR count). The second kappa shape index (κ2) is 7.79. The predicted octanol–water partition coefficient (Wildman–Crippen LogP) is 4.07. The third-order valence-electron chi connectivity index (χ3n) is 5.55. The molecule has 1 aliphatic heterocycles. The number of carbonyl (C=O) groups excluding carboxylic acids is 2. The zero-order chi connectivity index (χ0) is 24.2. The van der Waals surface area contributed by atoms with E-state index in [1.54, 1.807) is 12.1 Å². The predicted molar refractivity (Wildman–Crippen MR) is 119 cm³/mol. The van der Waals surface area contributed by atoms with Crippen molar-refractivity contribution in [2.24, 2.45) is 0 Å². The average Bonchev–Trinajstić information content (AvgIpc) is 3.32. The second-order valence-corrected chi connectivity index (χ2v) is 7.90. The number of hydrogen-bond acceptors (Lipinski definition) is 5. The van der Waals surface area contributed by atoms with Gasteiger partial charge < -0.3 is 20.1 Å². The van der Waals surface area contributed by atoms with Crippen molar-refractivity contribution in [3.05, 3.63) is 87.9 Å². The van der Waals surface area contributed by atoms with Crippen LogP contribution >= 0.6 is 11.6 Å². The molecule has 1 aromatic heterocycles. The lowest BCUT2D eigenvalue weighted by atomic mass is 9.93. The largest absolute Gasteiger partial charge is 0.414 e. The number of aromatic amines is 1. The molecule has 3 N–H and O–H groups in total. The number of carbonyl (C=O) groups is 2. The van der Waals surface area contributed by atoms with Crippen LogP contribution in [0.5, 0.6) is 6.01 Å². The van der Waals surface area contributed by atoms with E-state index in [9.17, 15) is 23.5 Å². The van der Waals surface area contributed by atoms with Crippen molar-refractivity contribution >= 4 is 40.3 Å². The highest BCUT2D eigenvalue weighted by molar-refractivity contribution is 6.31. The number of halogens is 3. The van der Waals surface area contributed by atoms with Gasteiger partial charge in [-0.1, -0.05) is 35.9 Å². The molecule has 0 aliphatic carbocycles. The van der Waals surface area contributed by atoms with Gasteiger partial charge in [0.25, 0.3) is 5.91 Å². The molecule has 11 heteroatoms. The number of imidazole rings is 1. The molecule has 34 heavy (non-hydrogen) atoms. The van der Waals surface area contributed by atoms with Crippen molar-refractivity contribution in [1.29, 1.82) is 0 Å². The molecule has 2 heterocycles. The van der Waals surface area contributed by atoms with Gasteiger partial charge in [-0.05, 0) is 24.3 Å². The molecule has 2 amide bonds. The first-order valence-corrected chi connectivity index (χ1v) is 10.3. The number of anilines is 1.